The van der Waals surface area contributed by atoms with Crippen LogP contribution in [0.2, 0.25) is 0 Å². The summed E-state index contributed by atoms with van der Waals surface area (Å²) in [5.41, 5.74) is 2.62. The first-order valence-electron chi connectivity index (χ1n) is 19.2. The van der Waals surface area contributed by atoms with Gasteiger partial charge in [0.2, 0.25) is 21.7 Å². The van der Waals surface area contributed by atoms with Crippen molar-refractivity contribution in [2.75, 3.05) is 32.1 Å². The smallest absolute Gasteiger partial charge is 0.550 e. The first kappa shape index (κ1) is 52.9. The number of fused-ring (bicyclic) bond motifs is 1. The maximum Gasteiger partial charge on any atom is 1.00 e. The molecule has 1 aliphatic rings. The van der Waals surface area contributed by atoms with Gasteiger partial charge in [-0.1, -0.05) is 73.2 Å². The van der Waals surface area contributed by atoms with Gasteiger partial charge >= 0.3 is 59.1 Å². The summed E-state index contributed by atoms with van der Waals surface area (Å²) in [4.78, 5) is 51.2. The molecule has 0 radical (unpaired) electrons. The molecular weight excluding hydrogens is 847 g/mol. The maximum absolute atomic E-state index is 14.4. The number of aliphatic carboxylic acids is 2. The zero-order valence-corrected chi connectivity index (χ0v) is 40.0. The molecule has 1 heterocycles. The molecule has 2 amide bonds. The van der Waals surface area contributed by atoms with Crippen LogP contribution in [0, 0.1) is 0 Å². The van der Waals surface area contributed by atoms with Gasteiger partial charge in [0.15, 0.2) is 0 Å². The number of carboxylic acid groups (broad SMARTS) is 2. The number of unbranched alkanes of at least 4 members (excludes halogenated alkanes) is 2. The van der Waals surface area contributed by atoms with Crippen LogP contribution >= 0.6 is 0 Å². The third kappa shape index (κ3) is 12.6. The van der Waals surface area contributed by atoms with Crippen LogP contribution in [0.4, 0.5) is 5.69 Å². The van der Waals surface area contributed by atoms with Crippen molar-refractivity contribution in [1.82, 2.24) is 15.4 Å². The molecule has 20 heteroatoms. The minimum atomic E-state index is -4.76. The van der Waals surface area contributed by atoms with Gasteiger partial charge in [0.05, 0.1) is 29.7 Å². The van der Waals surface area contributed by atoms with Crippen molar-refractivity contribution in [3.63, 3.8) is 0 Å². The summed E-state index contributed by atoms with van der Waals surface area (Å²) in [7, 11) is -1.22. The summed E-state index contributed by atoms with van der Waals surface area (Å²) in [5, 5.41) is 64.4. The number of nitrogens with zero attached hydrogens (tertiary/aromatic N) is 1. The van der Waals surface area contributed by atoms with E-state index in [2.05, 4.69) is 15.4 Å². The van der Waals surface area contributed by atoms with Gasteiger partial charge in [-0.15, -0.1) is 0 Å². The normalized spacial score (nSPS) is 20.7. The van der Waals surface area contributed by atoms with Crippen LogP contribution in [0.25, 0.3) is 21.9 Å². The Balaban J connectivity index is 0.00000512. The topological polar surface area (TPSA) is 267 Å². The SMILES string of the molecule is CC(=O)N[C@@H]1[C@@H](NS(=O)(=O)c2cccc3c(N(C)C)cccc23)[C@H](O)[C@](OCCCCCC(=O)[O-])(C(=O)[O-])O[C@H]1[C@H](O)[C@H](O)CNC(=O)c1ccc(-c2ccccc2)cc1.[Na+].[Na+]. The second-order valence-electron chi connectivity index (χ2n) is 14.6. The van der Waals surface area contributed by atoms with Crippen molar-refractivity contribution in [2.45, 2.75) is 79.8 Å². The summed E-state index contributed by atoms with van der Waals surface area (Å²) in [6.07, 6.45) is -8.59. The Morgan fingerprint density at radius 3 is 2.08 bits per heavy atom. The van der Waals surface area contributed by atoms with Crippen molar-refractivity contribution in [2.24, 2.45) is 0 Å². The Morgan fingerprint density at radius 2 is 1.47 bits per heavy atom. The maximum atomic E-state index is 14.4. The molecule has 6 N–H and O–H groups in total. The van der Waals surface area contributed by atoms with Crippen LogP contribution in [-0.4, -0.2) is 117 Å². The average molecular weight is 895 g/mol. The van der Waals surface area contributed by atoms with E-state index < -0.39 is 89.2 Å². The summed E-state index contributed by atoms with van der Waals surface area (Å²) in [5.74, 6) is -8.21. The number of anilines is 1. The van der Waals surface area contributed by atoms with E-state index in [1.54, 1.807) is 67.5 Å². The molecule has 17 nitrogen and oxygen atoms in total. The number of amides is 2. The standard InChI is InChI=1S/C42H50N4O13S.2Na/c1-25(47)44-35-36(45-60(56,57)33-17-11-14-29-30(33)15-10-16-31(29)46(2)3)39(52)42(41(54)55,58-23-9-5-8-18-34(49)50)59-38(35)37(51)32(48)24-43-40(53)28-21-19-27(20-22-28)26-12-6-4-7-13-26;;/h4,6-7,10-17,19-22,32,35-39,45,48,51-52H,5,8-9,18,23-24H2,1-3H3,(H,43,53)(H,44,47)(H,49,50)(H,54,55);;/q;2*+1/p-2/t32-,35-,36-,37-,38-,39+,42-;;/m1../s1. The third-order valence-corrected chi connectivity index (χ3v) is 11.7. The van der Waals surface area contributed by atoms with Gasteiger partial charge in [0.1, 0.15) is 24.3 Å². The second kappa shape index (κ2) is 23.5. The first-order chi connectivity index (χ1) is 28.5. The number of benzene rings is 4. The minimum Gasteiger partial charge on any atom is -0.550 e. The summed E-state index contributed by atoms with van der Waals surface area (Å²) in [6, 6.07) is 21.5. The van der Waals surface area contributed by atoms with E-state index in [1.165, 1.54) is 12.1 Å². The monoisotopic (exact) mass is 894 g/mol. The van der Waals surface area contributed by atoms with Gasteiger partial charge in [-0.25, -0.2) is 13.1 Å². The molecule has 0 unspecified atom stereocenters. The summed E-state index contributed by atoms with van der Waals surface area (Å²) < 4.78 is 42.4. The van der Waals surface area contributed by atoms with Crippen LogP contribution in [0.5, 0.6) is 0 Å². The molecule has 0 bridgehead atoms. The molecule has 62 heavy (non-hydrogen) atoms. The van der Waals surface area contributed by atoms with Gasteiger partial charge in [-0.05, 0) is 54.7 Å². The van der Waals surface area contributed by atoms with Gasteiger partial charge in [-0.3, -0.25) is 9.59 Å². The molecule has 0 spiro atoms. The van der Waals surface area contributed by atoms with Gasteiger partial charge in [0.25, 0.3) is 5.91 Å². The van der Waals surface area contributed by atoms with Crippen molar-refractivity contribution >= 4 is 50.2 Å². The quantitative estimate of drug-likeness (QED) is 0.0378. The molecule has 0 saturated carbocycles. The number of carboxylic acids is 2. The van der Waals surface area contributed by atoms with E-state index in [4.69, 9.17) is 9.47 Å². The number of hydrogen-bond acceptors (Lipinski definition) is 14. The van der Waals surface area contributed by atoms with E-state index >= 15 is 0 Å². The number of rotatable bonds is 19. The Kier molecular flexibility index (Phi) is 20.0. The van der Waals surface area contributed by atoms with Crippen LogP contribution < -0.4 is 89.6 Å². The summed E-state index contributed by atoms with van der Waals surface area (Å²) >= 11 is 0. The number of aliphatic hydroxyl groups is 3. The Morgan fingerprint density at radius 1 is 0.839 bits per heavy atom. The van der Waals surface area contributed by atoms with Crippen LogP contribution in [-0.2, 0) is 33.9 Å². The second-order valence-corrected chi connectivity index (χ2v) is 16.3. The Labute approximate surface area is 403 Å². The zero-order chi connectivity index (χ0) is 43.8. The van der Waals surface area contributed by atoms with Crippen molar-refractivity contribution < 1.29 is 122 Å². The fourth-order valence-corrected chi connectivity index (χ4v) is 8.63. The number of carbonyl (C=O) groups excluding carboxylic acids is 4. The van der Waals surface area contributed by atoms with Gasteiger partial charge < -0.3 is 60.1 Å². The van der Waals surface area contributed by atoms with E-state index in [-0.39, 0.29) is 101 Å². The molecule has 7 atom stereocenters. The molecule has 0 aromatic heterocycles. The first-order valence-corrected chi connectivity index (χ1v) is 20.6. The number of carbonyl (C=O) groups is 4. The number of aliphatic hydroxyl groups excluding tert-OH is 3. The van der Waals surface area contributed by atoms with E-state index in [9.17, 15) is 53.1 Å². The average Bonchev–Trinajstić information content (AvgIpc) is 3.22. The van der Waals surface area contributed by atoms with Crippen molar-refractivity contribution in [3.05, 3.63) is 96.6 Å². The van der Waals surface area contributed by atoms with Crippen LogP contribution in [0.15, 0.2) is 95.9 Å². The van der Waals surface area contributed by atoms with Crippen LogP contribution in [0.3, 0.4) is 0 Å². The Hall–Kier alpha value is -3.47. The molecule has 1 saturated heterocycles. The fraction of sp³-hybridized carbons (Fsp3) is 0.381. The van der Waals surface area contributed by atoms with Gasteiger partial charge in [0, 0.05) is 55.6 Å². The third-order valence-electron chi connectivity index (χ3n) is 10.2. The van der Waals surface area contributed by atoms with E-state index in [0.29, 0.717) is 11.1 Å². The molecule has 4 aromatic rings. The fourth-order valence-electron chi connectivity index (χ4n) is 7.14. The van der Waals surface area contributed by atoms with E-state index in [1.807, 2.05) is 30.3 Å². The Bertz CT molecular complexity index is 2270. The molecule has 0 aliphatic carbocycles. The molecule has 4 aromatic carbocycles. The molecule has 1 fully saturated rings. The minimum absolute atomic E-state index is 0. The molecule has 5 rings (SSSR count). The summed E-state index contributed by atoms with van der Waals surface area (Å²) in [6.45, 7) is -0.102. The van der Waals surface area contributed by atoms with E-state index in [0.717, 1.165) is 18.1 Å². The van der Waals surface area contributed by atoms with Crippen molar-refractivity contribution in [1.29, 1.82) is 0 Å². The number of sulfonamides is 1. The van der Waals surface area contributed by atoms with Crippen LogP contribution in [0.1, 0.15) is 43.0 Å². The number of nitrogens with one attached hydrogen (secondary N) is 3. The number of ether oxygens (including phenoxy) is 2. The molecule has 322 valence electrons. The zero-order valence-electron chi connectivity index (χ0n) is 35.1. The number of hydrogen-bond donors (Lipinski definition) is 6. The molecule has 1 aliphatic heterocycles. The predicted molar refractivity (Wildman–Crippen MR) is 214 cm³/mol. The van der Waals surface area contributed by atoms with Gasteiger partial charge in [-0.2, -0.15) is 0 Å². The predicted octanol–water partition coefficient (Wildman–Crippen LogP) is -6.58. The molecular formula is C42H48N4Na2O13S. The van der Waals surface area contributed by atoms with Crippen molar-refractivity contribution in [3.8, 4) is 11.1 Å². The largest absolute Gasteiger partial charge is 1.00 e.